The molecule has 1 unspecified atom stereocenters. The van der Waals surface area contributed by atoms with Crippen LogP contribution in [0.1, 0.15) is 38.7 Å². The minimum absolute atomic E-state index is 0.0489. The van der Waals surface area contributed by atoms with E-state index in [1.807, 2.05) is 56.3 Å². The molecule has 1 aliphatic rings. The number of aromatic nitrogens is 1. The molecule has 0 spiro atoms. The Labute approximate surface area is 178 Å². The predicted molar refractivity (Wildman–Crippen MR) is 125 cm³/mol. The number of benzene rings is 2. The molecule has 0 aliphatic carbocycles. The highest BCUT2D eigenvalue weighted by Crippen LogP contribution is 2.33. The van der Waals surface area contributed by atoms with Crippen molar-refractivity contribution < 1.29 is 4.79 Å². The number of aromatic amines is 1. The molecule has 4 rings (SSSR count). The zero-order valence-corrected chi connectivity index (χ0v) is 17.9. The highest BCUT2D eigenvalue weighted by atomic mass is 16.2. The van der Waals surface area contributed by atoms with E-state index in [1.54, 1.807) is 4.90 Å². The molecule has 0 radical (unpaired) electrons. The molecule has 2 aromatic carbocycles. The number of rotatable bonds is 5. The third-order valence-electron chi connectivity index (χ3n) is 5.80. The van der Waals surface area contributed by atoms with Crippen LogP contribution in [0.2, 0.25) is 0 Å². The molecule has 2 N–H and O–H groups in total. The van der Waals surface area contributed by atoms with Gasteiger partial charge in [0.2, 0.25) is 0 Å². The maximum Gasteiger partial charge on any atom is 0.326 e. The largest absolute Gasteiger partial charge is 0.378 e. The Morgan fingerprint density at radius 3 is 2.70 bits per heavy atom. The summed E-state index contributed by atoms with van der Waals surface area (Å²) in [5, 5.41) is 4.27. The Kier molecular flexibility index (Phi) is 5.79. The molecule has 5 heteroatoms. The van der Waals surface area contributed by atoms with E-state index in [2.05, 4.69) is 46.7 Å². The van der Waals surface area contributed by atoms with Gasteiger partial charge in [0.15, 0.2) is 0 Å². The van der Waals surface area contributed by atoms with Crippen LogP contribution in [0.4, 0.5) is 16.2 Å². The number of urea groups is 1. The van der Waals surface area contributed by atoms with Gasteiger partial charge in [0.05, 0.1) is 0 Å². The first-order valence-corrected chi connectivity index (χ1v) is 10.8. The predicted octanol–water partition coefficient (Wildman–Crippen LogP) is 5.94. The molecule has 1 aromatic heterocycles. The van der Waals surface area contributed by atoms with Gasteiger partial charge in [-0.15, -0.1) is 0 Å². The number of fused-ring (bicyclic) bond motifs is 1. The van der Waals surface area contributed by atoms with Gasteiger partial charge in [0, 0.05) is 53.5 Å². The molecule has 0 saturated carbocycles. The smallest absolute Gasteiger partial charge is 0.326 e. The van der Waals surface area contributed by atoms with Crippen LogP contribution < -0.4 is 10.2 Å². The molecule has 5 nitrogen and oxygen atoms in total. The second kappa shape index (κ2) is 8.66. The number of para-hydroxylation sites is 1. The number of hydrogen-bond donors (Lipinski definition) is 2. The van der Waals surface area contributed by atoms with Crippen LogP contribution in [0.15, 0.2) is 67.0 Å². The Hall–Kier alpha value is -3.21. The SMILES string of the molecule is CCN1C=CC(c2c[nH]c3ccc(NC(=O)N(c4ccccc4)C(C)C)cc23)CC1. The maximum absolute atomic E-state index is 13.1. The molecule has 30 heavy (non-hydrogen) atoms. The summed E-state index contributed by atoms with van der Waals surface area (Å²) in [6.45, 7) is 8.34. The molecule has 156 valence electrons. The fraction of sp³-hybridized carbons (Fsp3) is 0.320. The molecule has 1 aliphatic heterocycles. The number of carbonyl (C=O) groups excluding carboxylic acids is 1. The van der Waals surface area contributed by atoms with E-state index in [1.165, 1.54) is 10.9 Å². The normalized spacial score (nSPS) is 16.3. The monoisotopic (exact) mass is 402 g/mol. The van der Waals surface area contributed by atoms with Crippen molar-refractivity contribution in [2.45, 2.75) is 39.2 Å². The minimum atomic E-state index is -0.121. The van der Waals surface area contributed by atoms with Crippen molar-refractivity contribution in [1.82, 2.24) is 9.88 Å². The summed E-state index contributed by atoms with van der Waals surface area (Å²) in [4.78, 5) is 20.6. The molecule has 0 saturated heterocycles. The van der Waals surface area contributed by atoms with Crippen LogP contribution in [0.25, 0.3) is 10.9 Å². The fourth-order valence-electron chi connectivity index (χ4n) is 4.17. The van der Waals surface area contributed by atoms with Gasteiger partial charge in [-0.3, -0.25) is 4.90 Å². The summed E-state index contributed by atoms with van der Waals surface area (Å²) < 4.78 is 0. The Morgan fingerprint density at radius 2 is 2.03 bits per heavy atom. The van der Waals surface area contributed by atoms with Crippen molar-refractivity contribution in [2.24, 2.45) is 0 Å². The molecule has 0 bridgehead atoms. The van der Waals surface area contributed by atoms with Gasteiger partial charge in [-0.05, 0) is 69.3 Å². The number of nitrogens with one attached hydrogen (secondary N) is 2. The van der Waals surface area contributed by atoms with Gasteiger partial charge < -0.3 is 15.2 Å². The Balaban J connectivity index is 1.58. The topological polar surface area (TPSA) is 51.4 Å². The third-order valence-corrected chi connectivity index (χ3v) is 5.80. The lowest BCUT2D eigenvalue weighted by Crippen LogP contribution is -2.40. The van der Waals surface area contributed by atoms with Crippen molar-refractivity contribution in [3.05, 3.63) is 72.6 Å². The van der Waals surface area contributed by atoms with E-state index < -0.39 is 0 Å². The number of anilines is 2. The Bertz CT molecular complexity index is 1040. The number of amides is 2. The van der Waals surface area contributed by atoms with E-state index in [9.17, 15) is 4.79 Å². The van der Waals surface area contributed by atoms with Crippen molar-refractivity contribution in [1.29, 1.82) is 0 Å². The summed E-state index contributed by atoms with van der Waals surface area (Å²) in [7, 11) is 0. The lowest BCUT2D eigenvalue weighted by molar-refractivity contribution is 0.255. The summed E-state index contributed by atoms with van der Waals surface area (Å²) in [5.74, 6) is 0.393. The summed E-state index contributed by atoms with van der Waals surface area (Å²) in [5.41, 5.74) is 4.08. The molecule has 2 heterocycles. The Morgan fingerprint density at radius 1 is 1.23 bits per heavy atom. The van der Waals surface area contributed by atoms with Gasteiger partial charge in [-0.25, -0.2) is 4.79 Å². The summed E-state index contributed by atoms with van der Waals surface area (Å²) in [6.07, 6.45) is 7.70. The number of carbonyl (C=O) groups is 1. The lowest BCUT2D eigenvalue weighted by atomic mass is 9.93. The van der Waals surface area contributed by atoms with Gasteiger partial charge >= 0.3 is 6.03 Å². The van der Waals surface area contributed by atoms with Gasteiger partial charge in [-0.1, -0.05) is 24.3 Å². The number of allylic oxidation sites excluding steroid dienone is 1. The highest BCUT2D eigenvalue weighted by molar-refractivity contribution is 6.03. The van der Waals surface area contributed by atoms with Gasteiger partial charge in [0.25, 0.3) is 0 Å². The number of hydrogen-bond acceptors (Lipinski definition) is 2. The van der Waals surface area contributed by atoms with Crippen LogP contribution in [-0.2, 0) is 0 Å². The number of nitrogens with zero attached hydrogens (tertiary/aromatic N) is 2. The van der Waals surface area contributed by atoms with Gasteiger partial charge in [0.1, 0.15) is 0 Å². The first-order chi connectivity index (χ1) is 14.6. The first kappa shape index (κ1) is 20.1. The summed E-state index contributed by atoms with van der Waals surface area (Å²) >= 11 is 0. The van der Waals surface area contributed by atoms with Gasteiger partial charge in [-0.2, -0.15) is 0 Å². The quantitative estimate of drug-likeness (QED) is 0.555. The van der Waals surface area contributed by atoms with Crippen LogP contribution in [-0.4, -0.2) is 35.0 Å². The van der Waals surface area contributed by atoms with E-state index in [0.717, 1.165) is 36.4 Å². The van der Waals surface area contributed by atoms with Crippen LogP contribution in [0, 0.1) is 0 Å². The van der Waals surface area contributed by atoms with E-state index in [-0.39, 0.29) is 12.1 Å². The highest BCUT2D eigenvalue weighted by Gasteiger charge is 2.21. The van der Waals surface area contributed by atoms with Crippen LogP contribution >= 0.6 is 0 Å². The number of H-pyrrole nitrogens is 1. The van der Waals surface area contributed by atoms with E-state index in [0.29, 0.717) is 5.92 Å². The van der Waals surface area contributed by atoms with E-state index >= 15 is 0 Å². The van der Waals surface area contributed by atoms with Crippen molar-refractivity contribution in [3.8, 4) is 0 Å². The van der Waals surface area contributed by atoms with E-state index in [4.69, 9.17) is 0 Å². The maximum atomic E-state index is 13.1. The fourth-order valence-corrected chi connectivity index (χ4v) is 4.17. The molecular weight excluding hydrogens is 372 g/mol. The third kappa shape index (κ3) is 4.06. The molecular formula is C25H30N4O. The first-order valence-electron chi connectivity index (χ1n) is 10.8. The van der Waals surface area contributed by atoms with Crippen molar-refractivity contribution in [3.63, 3.8) is 0 Å². The molecule has 3 aromatic rings. The molecule has 0 fully saturated rings. The standard InChI is InChI=1S/C25H30N4O/c1-4-28-14-12-19(13-15-28)23-17-26-24-11-10-20(16-22(23)24)27-25(30)29(18(2)3)21-8-6-5-7-9-21/h5-12,14,16-19,26H,4,13,15H2,1-3H3,(H,27,30). The molecule has 2 amide bonds. The van der Waals surface area contributed by atoms with Crippen LogP contribution in [0.3, 0.4) is 0 Å². The van der Waals surface area contributed by atoms with Crippen molar-refractivity contribution >= 4 is 28.3 Å². The second-order valence-electron chi connectivity index (χ2n) is 8.10. The summed E-state index contributed by atoms with van der Waals surface area (Å²) in [6, 6.07) is 15.8. The molecule has 1 atom stereocenters. The minimum Gasteiger partial charge on any atom is -0.378 e. The zero-order valence-electron chi connectivity index (χ0n) is 17.9. The lowest BCUT2D eigenvalue weighted by Gasteiger charge is -2.27. The second-order valence-corrected chi connectivity index (χ2v) is 8.10. The van der Waals surface area contributed by atoms with Crippen LogP contribution in [0.5, 0.6) is 0 Å². The average molecular weight is 403 g/mol. The van der Waals surface area contributed by atoms with Crippen molar-refractivity contribution in [2.75, 3.05) is 23.3 Å². The zero-order chi connectivity index (χ0) is 21.1. The average Bonchev–Trinajstić information content (AvgIpc) is 3.17.